The molecule has 2 aliphatic heterocycles. The van der Waals surface area contributed by atoms with Crippen LogP contribution in [0.3, 0.4) is 0 Å². The number of benzene rings is 2. The zero-order valence-corrected chi connectivity index (χ0v) is 19.3. The Morgan fingerprint density at radius 2 is 1.94 bits per heavy atom. The highest BCUT2D eigenvalue weighted by molar-refractivity contribution is 7.99. The summed E-state index contributed by atoms with van der Waals surface area (Å²) in [5.41, 5.74) is 2.22. The lowest BCUT2D eigenvalue weighted by molar-refractivity contribution is -0.125. The fourth-order valence-corrected chi connectivity index (χ4v) is 4.97. The number of fused-ring (bicyclic) bond motifs is 1. The van der Waals surface area contributed by atoms with Gasteiger partial charge in [-0.05, 0) is 49.6 Å². The summed E-state index contributed by atoms with van der Waals surface area (Å²) in [5.74, 6) is 2.29. The van der Waals surface area contributed by atoms with Gasteiger partial charge in [0, 0.05) is 36.9 Å². The molecule has 5 rings (SSSR count). The van der Waals surface area contributed by atoms with Crippen molar-refractivity contribution in [2.75, 3.05) is 24.8 Å². The first-order valence-corrected chi connectivity index (χ1v) is 11.9. The molecule has 1 amide bonds. The van der Waals surface area contributed by atoms with Gasteiger partial charge in [0.2, 0.25) is 12.7 Å². The molecule has 0 unspecified atom stereocenters. The number of hydrogen-bond donors (Lipinski definition) is 1. The third kappa shape index (κ3) is 5.06. The van der Waals surface area contributed by atoms with Crippen LogP contribution in [0.2, 0.25) is 0 Å². The van der Waals surface area contributed by atoms with Gasteiger partial charge >= 0.3 is 0 Å². The van der Waals surface area contributed by atoms with E-state index in [-0.39, 0.29) is 18.6 Å². The van der Waals surface area contributed by atoms with Crippen LogP contribution in [0, 0.1) is 12.8 Å². The molecule has 2 aromatic carbocycles. The molecule has 3 heterocycles. The van der Waals surface area contributed by atoms with Crippen LogP contribution in [0.5, 0.6) is 11.5 Å². The predicted octanol–water partition coefficient (Wildman–Crippen LogP) is 4.20. The average molecular weight is 463 g/mol. The van der Waals surface area contributed by atoms with Crippen molar-refractivity contribution >= 4 is 23.5 Å². The summed E-state index contributed by atoms with van der Waals surface area (Å²) < 4.78 is 10.8. The minimum atomic E-state index is -0.0907. The number of carbonyl (C=O) groups is 1. The number of rotatable bonds is 6. The summed E-state index contributed by atoms with van der Waals surface area (Å²) in [6.07, 6.45) is 5.24. The number of amides is 1. The summed E-state index contributed by atoms with van der Waals surface area (Å²) in [7, 11) is 0. The normalized spacial score (nSPS) is 17.1. The van der Waals surface area contributed by atoms with Crippen LogP contribution in [0.4, 0.5) is 5.82 Å². The van der Waals surface area contributed by atoms with Gasteiger partial charge in [-0.15, -0.1) is 0 Å². The van der Waals surface area contributed by atoms with Crippen LogP contribution in [-0.2, 0) is 11.3 Å². The molecule has 1 aromatic heterocycles. The van der Waals surface area contributed by atoms with E-state index in [0.717, 1.165) is 52.2 Å². The highest BCUT2D eigenvalue weighted by Crippen LogP contribution is 2.34. The van der Waals surface area contributed by atoms with Gasteiger partial charge in [-0.1, -0.05) is 35.5 Å². The van der Waals surface area contributed by atoms with Crippen molar-refractivity contribution in [2.24, 2.45) is 5.92 Å². The topological polar surface area (TPSA) is 76.6 Å². The number of anilines is 1. The first kappa shape index (κ1) is 21.6. The van der Waals surface area contributed by atoms with E-state index in [1.54, 1.807) is 24.2 Å². The Kier molecular flexibility index (Phi) is 6.35. The summed E-state index contributed by atoms with van der Waals surface area (Å²) in [6, 6.07) is 14.1. The highest BCUT2D eigenvalue weighted by atomic mass is 32.2. The van der Waals surface area contributed by atoms with Gasteiger partial charge in [-0.2, -0.15) is 0 Å². The van der Waals surface area contributed by atoms with Gasteiger partial charge in [0.05, 0.1) is 5.92 Å². The number of hydrogen-bond acceptors (Lipinski definition) is 7. The molecule has 2 aliphatic rings. The fourth-order valence-electron chi connectivity index (χ4n) is 4.09. The van der Waals surface area contributed by atoms with E-state index in [2.05, 4.69) is 51.4 Å². The molecule has 1 atom stereocenters. The number of carbonyl (C=O) groups excluding carboxylic acids is 1. The maximum atomic E-state index is 13.0. The Labute approximate surface area is 197 Å². The molecule has 1 N–H and O–H groups in total. The molecule has 1 fully saturated rings. The van der Waals surface area contributed by atoms with Gasteiger partial charge < -0.3 is 19.7 Å². The number of aryl methyl sites for hydroxylation is 1. The zero-order valence-electron chi connectivity index (χ0n) is 18.5. The van der Waals surface area contributed by atoms with Crippen LogP contribution in [0.25, 0.3) is 0 Å². The van der Waals surface area contributed by atoms with E-state index in [1.165, 1.54) is 5.56 Å². The second-order valence-electron chi connectivity index (χ2n) is 8.29. The SMILES string of the molecule is Cc1ccc(Sc2nccnc2N2CCC[C@@H](C(=O)NCc3ccc4c(c3)OCO4)C2)cc1. The minimum absolute atomic E-state index is 0.0639. The number of nitrogens with zero attached hydrogens (tertiary/aromatic N) is 3. The lowest BCUT2D eigenvalue weighted by Gasteiger charge is -2.33. The van der Waals surface area contributed by atoms with Gasteiger partial charge in [-0.3, -0.25) is 4.79 Å². The maximum Gasteiger partial charge on any atom is 0.231 e. The monoisotopic (exact) mass is 462 g/mol. The van der Waals surface area contributed by atoms with Crippen LogP contribution in [0.15, 0.2) is 64.8 Å². The third-order valence-corrected chi connectivity index (χ3v) is 6.87. The van der Waals surface area contributed by atoms with Crippen molar-refractivity contribution in [3.05, 3.63) is 66.0 Å². The fraction of sp³-hybridized carbons (Fsp3) is 0.320. The highest BCUT2D eigenvalue weighted by Gasteiger charge is 2.28. The van der Waals surface area contributed by atoms with E-state index in [0.29, 0.717) is 13.1 Å². The minimum Gasteiger partial charge on any atom is -0.454 e. The second kappa shape index (κ2) is 9.70. The summed E-state index contributed by atoms with van der Waals surface area (Å²) in [5, 5.41) is 3.95. The standard InChI is InChI=1S/C25H26N4O3S/c1-17-4-7-20(8-5-17)33-25-23(26-10-11-27-25)29-12-2-3-19(15-29)24(30)28-14-18-6-9-21-22(13-18)32-16-31-21/h4-11,13,19H,2-3,12,14-16H2,1H3,(H,28,30)/t19-/m1/s1. The lowest BCUT2D eigenvalue weighted by Crippen LogP contribution is -2.43. The molecule has 0 spiro atoms. The maximum absolute atomic E-state index is 13.0. The Morgan fingerprint density at radius 1 is 1.12 bits per heavy atom. The van der Waals surface area contributed by atoms with Crippen molar-refractivity contribution in [3.63, 3.8) is 0 Å². The quantitative estimate of drug-likeness (QED) is 0.588. The van der Waals surface area contributed by atoms with Crippen LogP contribution in [0.1, 0.15) is 24.0 Å². The molecule has 0 saturated carbocycles. The number of nitrogens with one attached hydrogen (secondary N) is 1. The van der Waals surface area contributed by atoms with Crippen LogP contribution in [-0.4, -0.2) is 35.8 Å². The molecular weight excluding hydrogens is 436 g/mol. The molecule has 33 heavy (non-hydrogen) atoms. The van der Waals surface area contributed by atoms with Crippen molar-refractivity contribution in [2.45, 2.75) is 36.2 Å². The van der Waals surface area contributed by atoms with Gasteiger partial charge in [0.25, 0.3) is 0 Å². The van der Waals surface area contributed by atoms with Crippen molar-refractivity contribution in [1.82, 2.24) is 15.3 Å². The second-order valence-corrected chi connectivity index (χ2v) is 9.35. The Morgan fingerprint density at radius 3 is 2.82 bits per heavy atom. The largest absolute Gasteiger partial charge is 0.454 e. The molecular formula is C25H26N4O3S. The third-order valence-electron chi connectivity index (χ3n) is 5.88. The lowest BCUT2D eigenvalue weighted by atomic mass is 9.97. The molecule has 1 saturated heterocycles. The van der Waals surface area contributed by atoms with Gasteiger partial charge in [0.1, 0.15) is 5.03 Å². The molecule has 0 bridgehead atoms. The van der Waals surface area contributed by atoms with Crippen LogP contribution >= 0.6 is 11.8 Å². The summed E-state index contributed by atoms with van der Waals surface area (Å²) >= 11 is 1.61. The van der Waals surface area contributed by atoms with E-state index in [1.807, 2.05) is 18.2 Å². The zero-order chi connectivity index (χ0) is 22.6. The van der Waals surface area contributed by atoms with E-state index in [4.69, 9.17) is 9.47 Å². The Bertz CT molecular complexity index is 1140. The molecule has 7 nitrogen and oxygen atoms in total. The summed E-state index contributed by atoms with van der Waals surface area (Å²) in [4.78, 5) is 25.5. The molecule has 3 aromatic rings. The molecule has 8 heteroatoms. The van der Waals surface area contributed by atoms with E-state index >= 15 is 0 Å². The first-order valence-electron chi connectivity index (χ1n) is 11.1. The summed E-state index contributed by atoms with van der Waals surface area (Å²) in [6.45, 7) is 4.29. The smallest absolute Gasteiger partial charge is 0.231 e. The molecule has 170 valence electrons. The van der Waals surface area contributed by atoms with Crippen LogP contribution < -0.4 is 19.7 Å². The number of piperidine rings is 1. The first-order chi connectivity index (χ1) is 16.2. The van der Waals surface area contributed by atoms with E-state index < -0.39 is 0 Å². The average Bonchev–Trinajstić information content (AvgIpc) is 3.32. The number of aromatic nitrogens is 2. The van der Waals surface area contributed by atoms with E-state index in [9.17, 15) is 4.79 Å². The Balaban J connectivity index is 1.23. The predicted molar refractivity (Wildman–Crippen MR) is 127 cm³/mol. The number of ether oxygens (including phenoxy) is 2. The Hall–Kier alpha value is -3.26. The van der Waals surface area contributed by atoms with Crippen molar-refractivity contribution < 1.29 is 14.3 Å². The molecule has 0 radical (unpaired) electrons. The van der Waals surface area contributed by atoms with Gasteiger partial charge in [-0.25, -0.2) is 9.97 Å². The molecule has 0 aliphatic carbocycles. The van der Waals surface area contributed by atoms with Crippen molar-refractivity contribution in [1.29, 1.82) is 0 Å². The van der Waals surface area contributed by atoms with Crippen molar-refractivity contribution in [3.8, 4) is 11.5 Å². The van der Waals surface area contributed by atoms with Gasteiger partial charge in [0.15, 0.2) is 17.3 Å².